The highest BCUT2D eigenvalue weighted by atomic mass is 19.4. The summed E-state index contributed by atoms with van der Waals surface area (Å²) in [6.07, 6.45) is -2.53. The number of nitriles is 1. The molecule has 3 aliphatic heterocycles. The fourth-order valence-electron chi connectivity index (χ4n) is 5.80. The van der Waals surface area contributed by atoms with Gasteiger partial charge in [-0.2, -0.15) is 24.0 Å². The molecule has 2 amide bonds. The smallest absolute Gasteiger partial charge is 0.422 e. The molecular weight excluding hydrogens is 493 g/mol. The summed E-state index contributed by atoms with van der Waals surface area (Å²) in [6.45, 7) is 0.334. The van der Waals surface area contributed by atoms with Gasteiger partial charge in [0, 0.05) is 61.6 Å². The second kappa shape index (κ2) is 10.4. The lowest BCUT2D eigenvalue weighted by atomic mass is 9.82. The third-order valence-electron chi connectivity index (χ3n) is 7.71. The van der Waals surface area contributed by atoms with Crippen LogP contribution < -0.4 is 21.1 Å². The minimum Gasteiger partial charge on any atom is -0.484 e. The average Bonchev–Trinajstić information content (AvgIpc) is 3.60. The Labute approximate surface area is 212 Å². The fraction of sp³-hybridized carbons (Fsp3) is 0.625. The first-order valence-corrected chi connectivity index (χ1v) is 12.4. The first-order chi connectivity index (χ1) is 17.7. The van der Waals surface area contributed by atoms with Crippen LogP contribution in [0, 0.1) is 29.1 Å². The molecule has 0 aromatic heterocycles. The summed E-state index contributed by atoms with van der Waals surface area (Å²) in [7, 11) is 0. The van der Waals surface area contributed by atoms with E-state index in [-0.39, 0.29) is 53.2 Å². The van der Waals surface area contributed by atoms with Crippen LogP contribution in [-0.2, 0) is 16.1 Å². The maximum absolute atomic E-state index is 13.1. The molecule has 5 atom stereocenters. The van der Waals surface area contributed by atoms with Crippen LogP contribution in [0.15, 0.2) is 18.2 Å². The van der Waals surface area contributed by atoms with Crippen LogP contribution in [0.25, 0.3) is 0 Å². The topological polar surface area (TPSA) is 119 Å². The Bertz CT molecular complexity index is 1070. The maximum atomic E-state index is 13.1. The van der Waals surface area contributed by atoms with Gasteiger partial charge in [0.1, 0.15) is 12.4 Å². The molecule has 4 aliphatic rings. The first kappa shape index (κ1) is 25.6. The Hall–Kier alpha value is -3.08. The number of carbonyl (C=O) groups is 2. The zero-order valence-electron chi connectivity index (χ0n) is 20.1. The van der Waals surface area contributed by atoms with Crippen molar-refractivity contribution in [2.24, 2.45) is 17.8 Å². The number of carbonyl (C=O) groups excluding carboxylic acids is 2. The van der Waals surface area contributed by atoms with Crippen molar-refractivity contribution in [1.82, 2.24) is 26.2 Å². The van der Waals surface area contributed by atoms with Crippen LogP contribution in [0.1, 0.15) is 30.4 Å². The lowest BCUT2D eigenvalue weighted by molar-refractivity contribution is -0.153. The van der Waals surface area contributed by atoms with E-state index in [1.54, 1.807) is 4.90 Å². The molecule has 5 rings (SSSR count). The zero-order valence-corrected chi connectivity index (χ0v) is 20.1. The minimum absolute atomic E-state index is 0.00322. The van der Waals surface area contributed by atoms with E-state index in [1.807, 2.05) is 11.0 Å². The van der Waals surface area contributed by atoms with Crippen LogP contribution in [0.2, 0.25) is 0 Å². The Morgan fingerprint density at radius 3 is 2.46 bits per heavy atom. The molecule has 1 saturated carbocycles. The summed E-state index contributed by atoms with van der Waals surface area (Å²) in [5, 5.41) is 9.03. The number of halogens is 3. The van der Waals surface area contributed by atoms with Crippen LogP contribution in [0.4, 0.5) is 18.0 Å². The normalized spacial score (nSPS) is 29.0. The monoisotopic (exact) mass is 522 g/mol. The van der Waals surface area contributed by atoms with Crippen LogP contribution >= 0.6 is 0 Å². The summed E-state index contributed by atoms with van der Waals surface area (Å²) < 4.78 is 48.0. The molecule has 3 unspecified atom stereocenters. The quantitative estimate of drug-likeness (QED) is 0.535. The largest absolute Gasteiger partial charge is 0.484 e. The number of nitrogens with one attached hydrogen (secondary N) is 3. The van der Waals surface area contributed by atoms with Gasteiger partial charge < -0.3 is 19.3 Å². The zero-order chi connectivity index (χ0) is 26.2. The summed E-state index contributed by atoms with van der Waals surface area (Å²) in [6, 6.07) is 6.48. The van der Waals surface area contributed by atoms with Gasteiger partial charge in [-0.15, -0.1) is 0 Å². The number of alkyl halides is 3. The van der Waals surface area contributed by atoms with E-state index in [4.69, 9.17) is 14.7 Å². The predicted octanol–water partition coefficient (Wildman–Crippen LogP) is 1.68. The number of nitrogens with zero attached hydrogens (tertiary/aromatic N) is 3. The van der Waals surface area contributed by atoms with Gasteiger partial charge in [-0.1, -0.05) is 6.07 Å². The van der Waals surface area contributed by atoms with Crippen LogP contribution in [0.5, 0.6) is 5.75 Å². The Morgan fingerprint density at radius 2 is 1.76 bits per heavy atom. The van der Waals surface area contributed by atoms with E-state index >= 15 is 0 Å². The van der Waals surface area contributed by atoms with Crippen molar-refractivity contribution in [3.05, 3.63) is 29.3 Å². The second-order valence-corrected chi connectivity index (χ2v) is 10.2. The van der Waals surface area contributed by atoms with Gasteiger partial charge in [0.05, 0.1) is 11.6 Å². The van der Waals surface area contributed by atoms with Gasteiger partial charge in [-0.3, -0.25) is 4.79 Å². The molecule has 37 heavy (non-hydrogen) atoms. The number of hydrogen-bond donors (Lipinski definition) is 3. The molecule has 3 saturated heterocycles. The Kier molecular flexibility index (Phi) is 7.15. The van der Waals surface area contributed by atoms with Crippen molar-refractivity contribution in [3.63, 3.8) is 0 Å². The van der Waals surface area contributed by atoms with Gasteiger partial charge in [-0.25, -0.2) is 15.6 Å². The van der Waals surface area contributed by atoms with E-state index in [1.165, 1.54) is 18.2 Å². The average molecular weight is 523 g/mol. The van der Waals surface area contributed by atoms with Crippen molar-refractivity contribution >= 4 is 12.0 Å². The number of likely N-dealkylation sites (tertiary alicyclic amines) is 2. The highest BCUT2D eigenvalue weighted by Crippen LogP contribution is 2.35. The molecule has 3 heterocycles. The van der Waals surface area contributed by atoms with E-state index < -0.39 is 18.9 Å². The SMILES string of the molecule is N#Cc1ccc(COC(=O)N2C[C@@H]3CN(C(=O)C4CCC5NNNC5C4)C[C@H]3C2)c(OCC(F)(F)F)c1. The Morgan fingerprint density at radius 1 is 1.05 bits per heavy atom. The number of benzene rings is 1. The summed E-state index contributed by atoms with van der Waals surface area (Å²) >= 11 is 0. The lowest BCUT2D eigenvalue weighted by Crippen LogP contribution is -2.45. The molecule has 0 bridgehead atoms. The van der Waals surface area contributed by atoms with Gasteiger partial charge in [0.25, 0.3) is 0 Å². The number of amides is 2. The molecule has 1 aliphatic carbocycles. The fourth-order valence-corrected chi connectivity index (χ4v) is 5.80. The highest BCUT2D eigenvalue weighted by Gasteiger charge is 2.46. The van der Waals surface area contributed by atoms with Gasteiger partial charge in [0.2, 0.25) is 5.91 Å². The summed E-state index contributed by atoms with van der Waals surface area (Å²) in [5.74, 6) is 0.368. The highest BCUT2D eigenvalue weighted by molar-refractivity contribution is 5.79. The molecule has 1 aromatic rings. The number of rotatable bonds is 5. The second-order valence-electron chi connectivity index (χ2n) is 10.2. The van der Waals surface area contributed by atoms with Crippen LogP contribution in [-0.4, -0.2) is 72.8 Å². The predicted molar refractivity (Wildman–Crippen MR) is 122 cm³/mol. The molecule has 1 aromatic carbocycles. The Balaban J connectivity index is 1.11. The third kappa shape index (κ3) is 5.76. The number of hydrogen-bond acceptors (Lipinski definition) is 8. The molecule has 4 fully saturated rings. The van der Waals surface area contributed by atoms with Crippen molar-refractivity contribution in [3.8, 4) is 11.8 Å². The number of fused-ring (bicyclic) bond motifs is 2. The van der Waals surface area contributed by atoms with Gasteiger partial charge in [0.15, 0.2) is 6.61 Å². The number of hydrazine groups is 2. The third-order valence-corrected chi connectivity index (χ3v) is 7.71. The number of ether oxygens (including phenoxy) is 2. The molecule has 0 radical (unpaired) electrons. The molecule has 10 nitrogen and oxygen atoms in total. The standard InChI is InChI=1S/C24H29F3N6O4/c25-24(26,27)13-37-21-5-14(7-28)1-2-16(21)12-36-23(35)33-10-17-8-32(9-18(17)11-33)22(34)15-3-4-19-20(6-15)30-31-29-19/h1-2,5,15,17-20,29-31H,3-4,6,8-13H2/t15?,17-,18-,19?,20?/m0/s1. The summed E-state index contributed by atoms with van der Waals surface area (Å²) in [4.78, 5) is 29.4. The first-order valence-electron chi connectivity index (χ1n) is 12.4. The van der Waals surface area contributed by atoms with Gasteiger partial charge >= 0.3 is 12.3 Å². The van der Waals surface area contributed by atoms with E-state index in [0.29, 0.717) is 32.2 Å². The van der Waals surface area contributed by atoms with E-state index in [0.717, 1.165) is 19.3 Å². The van der Waals surface area contributed by atoms with Crippen molar-refractivity contribution in [2.75, 3.05) is 32.8 Å². The van der Waals surface area contributed by atoms with E-state index in [9.17, 15) is 22.8 Å². The minimum atomic E-state index is -4.54. The molecule has 13 heteroatoms. The van der Waals surface area contributed by atoms with Crippen LogP contribution in [0.3, 0.4) is 0 Å². The van der Waals surface area contributed by atoms with Crippen molar-refractivity contribution < 1.29 is 32.2 Å². The maximum Gasteiger partial charge on any atom is 0.422 e. The molecular formula is C24H29F3N6O4. The molecule has 0 spiro atoms. The van der Waals surface area contributed by atoms with Gasteiger partial charge in [-0.05, 0) is 31.4 Å². The van der Waals surface area contributed by atoms with Crippen molar-refractivity contribution in [2.45, 2.75) is 44.1 Å². The van der Waals surface area contributed by atoms with Crippen molar-refractivity contribution in [1.29, 1.82) is 5.26 Å². The lowest BCUT2D eigenvalue weighted by Gasteiger charge is -2.32. The molecule has 200 valence electrons. The van der Waals surface area contributed by atoms with E-state index in [2.05, 4.69) is 16.4 Å². The molecule has 3 N–H and O–H groups in total. The summed E-state index contributed by atoms with van der Waals surface area (Å²) in [5.41, 5.74) is 9.67.